The van der Waals surface area contributed by atoms with Gasteiger partial charge in [0.15, 0.2) is 0 Å². The summed E-state index contributed by atoms with van der Waals surface area (Å²) in [6.45, 7) is 0. The molecular formula is C46H27NO2S. The summed E-state index contributed by atoms with van der Waals surface area (Å²) in [4.78, 5) is 2.33. The number of fused-ring (bicyclic) bond motifs is 10. The van der Waals surface area contributed by atoms with Gasteiger partial charge < -0.3 is 13.7 Å². The molecule has 0 atom stereocenters. The van der Waals surface area contributed by atoms with Crippen molar-refractivity contribution in [3.8, 4) is 11.1 Å². The summed E-state index contributed by atoms with van der Waals surface area (Å²) < 4.78 is 15.2. The van der Waals surface area contributed by atoms with Gasteiger partial charge in [0.25, 0.3) is 0 Å². The van der Waals surface area contributed by atoms with Crippen molar-refractivity contribution >= 4 is 103 Å². The summed E-state index contributed by atoms with van der Waals surface area (Å²) >= 11 is 1.84. The molecule has 0 bridgehead atoms. The first kappa shape index (κ1) is 27.6. The molecule has 0 N–H and O–H groups in total. The average molecular weight is 658 g/mol. The Balaban J connectivity index is 1.04. The van der Waals surface area contributed by atoms with E-state index in [9.17, 15) is 0 Å². The Morgan fingerprint density at radius 2 is 0.940 bits per heavy atom. The first-order chi connectivity index (χ1) is 24.7. The lowest BCUT2D eigenvalue weighted by molar-refractivity contribution is 0.669. The Hall–Kier alpha value is -6.36. The van der Waals surface area contributed by atoms with E-state index in [4.69, 9.17) is 8.83 Å². The van der Waals surface area contributed by atoms with E-state index in [1.807, 2.05) is 35.6 Å². The molecule has 3 heterocycles. The van der Waals surface area contributed by atoms with Crippen molar-refractivity contribution in [2.24, 2.45) is 0 Å². The van der Waals surface area contributed by atoms with Crippen molar-refractivity contribution < 1.29 is 8.83 Å². The maximum Gasteiger partial charge on any atom is 0.137 e. The molecule has 4 heteroatoms. The van der Waals surface area contributed by atoms with Crippen LogP contribution in [0.2, 0.25) is 0 Å². The number of hydrogen-bond donors (Lipinski definition) is 0. The molecule has 11 rings (SSSR count). The predicted octanol–water partition coefficient (Wildman–Crippen LogP) is 14.1. The lowest BCUT2D eigenvalue weighted by atomic mass is 9.99. The highest BCUT2D eigenvalue weighted by atomic mass is 32.1. The first-order valence-electron chi connectivity index (χ1n) is 16.8. The van der Waals surface area contributed by atoms with Gasteiger partial charge in [-0.25, -0.2) is 0 Å². The summed E-state index contributed by atoms with van der Waals surface area (Å²) in [5.74, 6) is 0. The van der Waals surface area contributed by atoms with Crippen LogP contribution in [0.3, 0.4) is 0 Å². The van der Waals surface area contributed by atoms with Crippen LogP contribution in [0.1, 0.15) is 0 Å². The van der Waals surface area contributed by atoms with Gasteiger partial charge in [0.05, 0.1) is 0 Å². The molecule has 50 heavy (non-hydrogen) atoms. The number of para-hydroxylation sites is 2. The SMILES string of the molecule is c1ccc2c(c1)oc1cc(N(c3ccc(-c4ccc5cc6c(cc5c4)oc4ccccc46)cc3)c3ccc4sc5ccccc5c4c3)ccc12. The van der Waals surface area contributed by atoms with E-state index in [1.165, 1.54) is 31.1 Å². The Morgan fingerprint density at radius 1 is 0.340 bits per heavy atom. The van der Waals surface area contributed by atoms with Gasteiger partial charge in [-0.2, -0.15) is 0 Å². The molecule has 234 valence electrons. The summed E-state index contributed by atoms with van der Waals surface area (Å²) in [6.07, 6.45) is 0. The van der Waals surface area contributed by atoms with E-state index in [2.05, 4.69) is 144 Å². The molecule has 0 amide bonds. The van der Waals surface area contributed by atoms with Crippen molar-refractivity contribution in [2.45, 2.75) is 0 Å². The standard InChI is InChI=1S/C46H27NO2S/c1-4-10-41-35(7-1)37-21-19-34(27-44(37)49-41)47(33-20-22-46-40(26-33)38-9-3-6-12-45(38)50-46)32-17-15-28(16-18-32)29-13-14-30-24-39-36-8-2-5-11-42(36)48-43(39)25-31(30)23-29/h1-27H. The Kier molecular flexibility index (Phi) is 5.83. The van der Waals surface area contributed by atoms with E-state index >= 15 is 0 Å². The van der Waals surface area contributed by atoms with Gasteiger partial charge in [0.1, 0.15) is 22.3 Å². The minimum atomic E-state index is 0.877. The molecule has 0 spiro atoms. The molecule has 3 nitrogen and oxygen atoms in total. The number of hydrogen-bond acceptors (Lipinski definition) is 4. The van der Waals surface area contributed by atoms with Crippen molar-refractivity contribution in [2.75, 3.05) is 4.90 Å². The van der Waals surface area contributed by atoms with Crippen molar-refractivity contribution in [1.82, 2.24) is 0 Å². The summed E-state index contributed by atoms with van der Waals surface area (Å²) in [5.41, 5.74) is 9.16. The zero-order chi connectivity index (χ0) is 32.8. The molecule has 8 aromatic carbocycles. The molecule has 0 radical (unpaired) electrons. The number of nitrogens with zero attached hydrogens (tertiary/aromatic N) is 1. The normalized spacial score (nSPS) is 12.0. The van der Waals surface area contributed by atoms with E-state index in [0.717, 1.165) is 71.9 Å². The highest BCUT2D eigenvalue weighted by Gasteiger charge is 2.18. The average Bonchev–Trinajstić information content (AvgIpc) is 3.84. The molecule has 0 saturated heterocycles. The minimum absolute atomic E-state index is 0.877. The smallest absolute Gasteiger partial charge is 0.137 e. The third-order valence-electron chi connectivity index (χ3n) is 10.0. The molecule has 3 aromatic heterocycles. The van der Waals surface area contributed by atoms with E-state index in [1.54, 1.807) is 0 Å². The van der Waals surface area contributed by atoms with Crippen LogP contribution in [0.4, 0.5) is 17.1 Å². The second-order valence-electron chi connectivity index (χ2n) is 12.9. The fourth-order valence-electron chi connectivity index (χ4n) is 7.60. The molecule has 11 aromatic rings. The van der Waals surface area contributed by atoms with Crippen LogP contribution in [-0.2, 0) is 0 Å². The quantitative estimate of drug-likeness (QED) is 0.189. The molecule has 0 fully saturated rings. The van der Waals surface area contributed by atoms with Crippen LogP contribution >= 0.6 is 11.3 Å². The highest BCUT2D eigenvalue weighted by molar-refractivity contribution is 7.25. The zero-order valence-electron chi connectivity index (χ0n) is 26.8. The van der Waals surface area contributed by atoms with Gasteiger partial charge in [-0.3, -0.25) is 0 Å². The molecular weight excluding hydrogens is 631 g/mol. The number of thiophene rings is 1. The monoisotopic (exact) mass is 657 g/mol. The maximum atomic E-state index is 6.35. The number of furan rings is 2. The van der Waals surface area contributed by atoms with E-state index in [0.29, 0.717) is 0 Å². The van der Waals surface area contributed by atoms with Gasteiger partial charge >= 0.3 is 0 Å². The molecule has 0 aliphatic rings. The van der Waals surface area contributed by atoms with Gasteiger partial charge in [0.2, 0.25) is 0 Å². The van der Waals surface area contributed by atoms with E-state index < -0.39 is 0 Å². The lowest BCUT2D eigenvalue weighted by Gasteiger charge is -2.26. The third-order valence-corrected chi connectivity index (χ3v) is 11.2. The largest absolute Gasteiger partial charge is 0.456 e. The van der Waals surface area contributed by atoms with Crippen LogP contribution in [0.5, 0.6) is 0 Å². The van der Waals surface area contributed by atoms with Gasteiger partial charge in [0, 0.05) is 64.8 Å². The van der Waals surface area contributed by atoms with Gasteiger partial charge in [-0.05, 0) is 101 Å². The van der Waals surface area contributed by atoms with Crippen LogP contribution in [-0.4, -0.2) is 0 Å². The van der Waals surface area contributed by atoms with Crippen molar-refractivity contribution in [3.05, 3.63) is 164 Å². The summed E-state index contributed by atoms with van der Waals surface area (Å²) in [5, 5.41) is 9.47. The van der Waals surface area contributed by atoms with Crippen molar-refractivity contribution in [3.63, 3.8) is 0 Å². The molecule has 0 saturated carbocycles. The van der Waals surface area contributed by atoms with Crippen LogP contribution in [0, 0.1) is 0 Å². The fraction of sp³-hybridized carbons (Fsp3) is 0. The third kappa shape index (κ3) is 4.22. The second-order valence-corrected chi connectivity index (χ2v) is 14.0. The Bertz CT molecular complexity index is 3110. The van der Waals surface area contributed by atoms with Crippen LogP contribution in [0.15, 0.2) is 173 Å². The molecule has 0 unspecified atom stereocenters. The van der Waals surface area contributed by atoms with Gasteiger partial charge in [-0.1, -0.05) is 78.9 Å². The first-order valence-corrected chi connectivity index (χ1v) is 17.6. The topological polar surface area (TPSA) is 29.5 Å². The number of anilines is 3. The van der Waals surface area contributed by atoms with Crippen LogP contribution < -0.4 is 4.90 Å². The summed E-state index contributed by atoms with van der Waals surface area (Å²) in [6, 6.07) is 58.5. The van der Waals surface area contributed by atoms with Crippen LogP contribution in [0.25, 0.3) is 85.9 Å². The zero-order valence-corrected chi connectivity index (χ0v) is 27.6. The Morgan fingerprint density at radius 3 is 1.76 bits per heavy atom. The lowest BCUT2D eigenvalue weighted by Crippen LogP contribution is -2.09. The highest BCUT2D eigenvalue weighted by Crippen LogP contribution is 2.43. The number of benzene rings is 8. The maximum absolute atomic E-state index is 6.35. The predicted molar refractivity (Wildman–Crippen MR) is 212 cm³/mol. The molecule has 0 aliphatic heterocycles. The second kappa shape index (κ2) is 10.6. The van der Waals surface area contributed by atoms with Gasteiger partial charge in [-0.15, -0.1) is 11.3 Å². The minimum Gasteiger partial charge on any atom is -0.456 e. The summed E-state index contributed by atoms with van der Waals surface area (Å²) in [7, 11) is 0. The van der Waals surface area contributed by atoms with Crippen molar-refractivity contribution in [1.29, 1.82) is 0 Å². The Labute approximate surface area is 290 Å². The fourth-order valence-corrected chi connectivity index (χ4v) is 8.69. The number of rotatable bonds is 4. The van der Waals surface area contributed by atoms with E-state index in [-0.39, 0.29) is 0 Å². The molecule has 0 aliphatic carbocycles.